The molecule has 0 amide bonds. The summed E-state index contributed by atoms with van der Waals surface area (Å²) in [6.07, 6.45) is 3.34. The number of nitrogens with one attached hydrogen (secondary N) is 1. The Bertz CT molecular complexity index is 429. The predicted molar refractivity (Wildman–Crippen MR) is 75.9 cm³/mol. The normalized spacial score (nSPS) is 20.9. The molecule has 1 aromatic rings. The molecule has 1 fully saturated rings. The number of hydrogen-bond donors (Lipinski definition) is 2. The highest BCUT2D eigenvalue weighted by molar-refractivity contribution is 5.79. The van der Waals surface area contributed by atoms with Crippen LogP contribution in [0.1, 0.15) is 45.1 Å². The van der Waals surface area contributed by atoms with Crippen LogP contribution in [0.25, 0.3) is 0 Å². The van der Waals surface area contributed by atoms with E-state index in [9.17, 15) is 9.90 Å². The van der Waals surface area contributed by atoms with E-state index in [0.29, 0.717) is 19.4 Å². The zero-order chi connectivity index (χ0) is 13.9. The molecule has 2 rings (SSSR count). The first kappa shape index (κ1) is 14.1. The van der Waals surface area contributed by atoms with Crippen LogP contribution in [-0.2, 0) is 11.3 Å². The van der Waals surface area contributed by atoms with Gasteiger partial charge in [-0.05, 0) is 36.7 Å². The lowest BCUT2D eigenvalue weighted by Gasteiger charge is -2.41. The highest BCUT2D eigenvalue weighted by Gasteiger charge is 2.43. The summed E-state index contributed by atoms with van der Waals surface area (Å²) in [4.78, 5) is 11.6. The van der Waals surface area contributed by atoms with Crippen LogP contribution in [0, 0.1) is 5.41 Å². The molecule has 1 saturated carbocycles. The molecule has 19 heavy (non-hydrogen) atoms. The number of rotatable bonds is 4. The van der Waals surface area contributed by atoms with Gasteiger partial charge in [0.25, 0.3) is 0 Å². The fourth-order valence-corrected chi connectivity index (χ4v) is 2.69. The standard InChI is InChI=1S/C16H23NO2/c1-15(2)8-10-16(11-9-15,14(18)19)17-12-13-6-4-3-5-7-13/h3-7,17H,8-12H2,1-2H3,(H,18,19). The van der Waals surface area contributed by atoms with Crippen LogP contribution < -0.4 is 5.32 Å². The summed E-state index contributed by atoms with van der Waals surface area (Å²) in [6.45, 7) is 5.06. The molecule has 1 aromatic carbocycles. The zero-order valence-electron chi connectivity index (χ0n) is 11.8. The Kier molecular flexibility index (Phi) is 3.95. The Labute approximate surface area is 115 Å². The highest BCUT2D eigenvalue weighted by atomic mass is 16.4. The summed E-state index contributed by atoms with van der Waals surface area (Å²) in [7, 11) is 0. The van der Waals surface area contributed by atoms with Gasteiger partial charge in [-0.3, -0.25) is 10.1 Å². The Morgan fingerprint density at radius 3 is 2.26 bits per heavy atom. The zero-order valence-corrected chi connectivity index (χ0v) is 11.8. The molecule has 0 unspecified atom stereocenters. The van der Waals surface area contributed by atoms with Gasteiger partial charge in [-0.2, -0.15) is 0 Å². The fourth-order valence-electron chi connectivity index (χ4n) is 2.69. The maximum absolute atomic E-state index is 11.6. The average Bonchev–Trinajstić information content (AvgIpc) is 2.39. The number of carbonyl (C=O) groups is 1. The SMILES string of the molecule is CC1(C)CCC(NCc2ccccc2)(C(=O)O)CC1. The van der Waals surface area contributed by atoms with E-state index in [1.165, 1.54) is 0 Å². The first-order chi connectivity index (χ1) is 8.94. The first-order valence-corrected chi connectivity index (χ1v) is 6.96. The van der Waals surface area contributed by atoms with Gasteiger partial charge in [0.05, 0.1) is 0 Å². The van der Waals surface area contributed by atoms with Gasteiger partial charge in [0.15, 0.2) is 0 Å². The molecule has 2 N–H and O–H groups in total. The Morgan fingerprint density at radius 1 is 1.16 bits per heavy atom. The molecule has 0 radical (unpaired) electrons. The van der Waals surface area contributed by atoms with E-state index in [2.05, 4.69) is 19.2 Å². The lowest BCUT2D eigenvalue weighted by Crippen LogP contribution is -2.54. The van der Waals surface area contributed by atoms with Crippen molar-refractivity contribution in [2.45, 2.75) is 51.6 Å². The minimum atomic E-state index is -0.745. The van der Waals surface area contributed by atoms with Crippen molar-refractivity contribution in [3.8, 4) is 0 Å². The van der Waals surface area contributed by atoms with Crippen molar-refractivity contribution in [1.29, 1.82) is 0 Å². The topological polar surface area (TPSA) is 49.3 Å². The summed E-state index contributed by atoms with van der Waals surface area (Å²) in [6, 6.07) is 9.98. The molecular formula is C16H23NO2. The molecule has 0 heterocycles. The van der Waals surface area contributed by atoms with Gasteiger partial charge in [-0.15, -0.1) is 0 Å². The van der Waals surface area contributed by atoms with Crippen molar-refractivity contribution in [1.82, 2.24) is 5.32 Å². The lowest BCUT2D eigenvalue weighted by molar-refractivity contribution is -0.147. The second-order valence-electron chi connectivity index (χ2n) is 6.39. The van der Waals surface area contributed by atoms with Crippen molar-refractivity contribution < 1.29 is 9.90 Å². The van der Waals surface area contributed by atoms with Crippen LogP contribution in [0.3, 0.4) is 0 Å². The maximum Gasteiger partial charge on any atom is 0.323 e. The summed E-state index contributed by atoms with van der Waals surface area (Å²) < 4.78 is 0. The summed E-state index contributed by atoms with van der Waals surface area (Å²) in [5.74, 6) is -0.709. The van der Waals surface area contributed by atoms with E-state index in [-0.39, 0.29) is 5.41 Å². The Balaban J connectivity index is 2.03. The fraction of sp³-hybridized carbons (Fsp3) is 0.562. The van der Waals surface area contributed by atoms with Crippen molar-refractivity contribution in [3.63, 3.8) is 0 Å². The predicted octanol–water partition coefficient (Wildman–Crippen LogP) is 3.20. The molecule has 104 valence electrons. The van der Waals surface area contributed by atoms with Gasteiger partial charge >= 0.3 is 5.97 Å². The Hall–Kier alpha value is -1.35. The number of aliphatic carboxylic acids is 1. The molecule has 3 heteroatoms. The third-order valence-corrected chi connectivity index (χ3v) is 4.34. The van der Waals surface area contributed by atoms with Gasteiger partial charge in [-0.1, -0.05) is 44.2 Å². The molecule has 0 bridgehead atoms. The summed E-state index contributed by atoms with van der Waals surface area (Å²) in [5, 5.41) is 12.9. The minimum absolute atomic E-state index is 0.271. The number of carboxylic acid groups (broad SMARTS) is 1. The quantitative estimate of drug-likeness (QED) is 0.875. The van der Waals surface area contributed by atoms with Gasteiger partial charge in [0, 0.05) is 6.54 Å². The van der Waals surface area contributed by atoms with Crippen LogP contribution in [0.2, 0.25) is 0 Å². The van der Waals surface area contributed by atoms with Crippen LogP contribution in [0.15, 0.2) is 30.3 Å². The number of carboxylic acids is 1. The van der Waals surface area contributed by atoms with Crippen molar-refractivity contribution >= 4 is 5.97 Å². The molecule has 0 atom stereocenters. The molecule has 0 aromatic heterocycles. The summed E-state index contributed by atoms with van der Waals surface area (Å²) in [5.41, 5.74) is 0.659. The Morgan fingerprint density at radius 2 is 1.74 bits per heavy atom. The van der Waals surface area contributed by atoms with E-state index in [0.717, 1.165) is 18.4 Å². The van der Waals surface area contributed by atoms with Crippen molar-refractivity contribution in [2.24, 2.45) is 5.41 Å². The van der Waals surface area contributed by atoms with Crippen LogP contribution in [0.5, 0.6) is 0 Å². The van der Waals surface area contributed by atoms with Gasteiger partial charge in [0.2, 0.25) is 0 Å². The van der Waals surface area contributed by atoms with E-state index in [1.54, 1.807) is 0 Å². The molecule has 1 aliphatic carbocycles. The second-order valence-corrected chi connectivity index (χ2v) is 6.39. The van der Waals surface area contributed by atoms with Crippen LogP contribution >= 0.6 is 0 Å². The molecule has 1 aliphatic rings. The van der Waals surface area contributed by atoms with Crippen LogP contribution in [0.4, 0.5) is 0 Å². The van der Waals surface area contributed by atoms with E-state index in [4.69, 9.17) is 0 Å². The smallest absolute Gasteiger partial charge is 0.323 e. The second kappa shape index (κ2) is 5.33. The minimum Gasteiger partial charge on any atom is -0.480 e. The molecular weight excluding hydrogens is 238 g/mol. The summed E-state index contributed by atoms with van der Waals surface area (Å²) >= 11 is 0. The average molecular weight is 261 g/mol. The highest BCUT2D eigenvalue weighted by Crippen LogP contribution is 2.40. The van der Waals surface area contributed by atoms with E-state index < -0.39 is 11.5 Å². The van der Waals surface area contributed by atoms with Crippen molar-refractivity contribution in [3.05, 3.63) is 35.9 Å². The number of hydrogen-bond acceptors (Lipinski definition) is 2. The van der Waals surface area contributed by atoms with Crippen molar-refractivity contribution in [2.75, 3.05) is 0 Å². The third kappa shape index (κ3) is 3.35. The molecule has 3 nitrogen and oxygen atoms in total. The maximum atomic E-state index is 11.6. The third-order valence-electron chi connectivity index (χ3n) is 4.34. The lowest BCUT2D eigenvalue weighted by atomic mass is 9.69. The largest absolute Gasteiger partial charge is 0.480 e. The molecule has 0 aliphatic heterocycles. The van der Waals surface area contributed by atoms with E-state index >= 15 is 0 Å². The first-order valence-electron chi connectivity index (χ1n) is 6.96. The van der Waals surface area contributed by atoms with E-state index in [1.807, 2.05) is 30.3 Å². The molecule has 0 spiro atoms. The monoisotopic (exact) mass is 261 g/mol. The number of benzene rings is 1. The van der Waals surface area contributed by atoms with Crippen LogP contribution in [-0.4, -0.2) is 16.6 Å². The van der Waals surface area contributed by atoms with Gasteiger partial charge in [-0.25, -0.2) is 0 Å². The van der Waals surface area contributed by atoms with Gasteiger partial charge in [0.1, 0.15) is 5.54 Å². The molecule has 0 saturated heterocycles. The van der Waals surface area contributed by atoms with Gasteiger partial charge < -0.3 is 5.11 Å².